The fourth-order valence-corrected chi connectivity index (χ4v) is 6.71. The predicted molar refractivity (Wildman–Crippen MR) is 158 cm³/mol. The van der Waals surface area contributed by atoms with Crippen molar-refractivity contribution in [2.24, 2.45) is 0 Å². The fourth-order valence-electron chi connectivity index (χ4n) is 5.29. The molecule has 1 saturated carbocycles. The van der Waals surface area contributed by atoms with Crippen molar-refractivity contribution in [1.29, 1.82) is 0 Å². The Morgan fingerprint density at radius 3 is 2.12 bits per heavy atom. The maximum Gasteiger partial charge on any atom is 0.264 e. The molecular weight excluding hydrogens is 522 g/mol. The largest absolute Gasteiger partial charge is 0.352 e. The van der Waals surface area contributed by atoms with Gasteiger partial charge in [0.15, 0.2) is 0 Å². The Balaban J connectivity index is 1.71. The Hall–Kier alpha value is -3.65. The molecule has 0 aliphatic heterocycles. The molecule has 1 aliphatic rings. The quantitative estimate of drug-likeness (QED) is 0.365. The second kappa shape index (κ2) is 12.7. The highest BCUT2D eigenvalue weighted by Gasteiger charge is 2.33. The van der Waals surface area contributed by atoms with E-state index in [1.165, 1.54) is 17.0 Å². The lowest BCUT2D eigenvalue weighted by atomic mass is 10.1. The first-order chi connectivity index (χ1) is 19.1. The van der Waals surface area contributed by atoms with E-state index in [-0.39, 0.29) is 23.4 Å². The first kappa shape index (κ1) is 29.3. The maximum atomic E-state index is 14.1. The van der Waals surface area contributed by atoms with E-state index in [9.17, 15) is 18.0 Å². The van der Waals surface area contributed by atoms with Crippen LogP contribution < -0.4 is 9.62 Å². The van der Waals surface area contributed by atoms with Crippen LogP contribution in [0.15, 0.2) is 77.7 Å². The number of rotatable bonds is 10. The highest BCUT2D eigenvalue weighted by molar-refractivity contribution is 7.92. The summed E-state index contributed by atoms with van der Waals surface area (Å²) in [6.07, 6.45) is 4.01. The van der Waals surface area contributed by atoms with Gasteiger partial charge in [-0.2, -0.15) is 0 Å². The van der Waals surface area contributed by atoms with Crippen molar-refractivity contribution in [2.45, 2.75) is 76.9 Å². The number of aryl methyl sites for hydroxylation is 3. The number of hydrogen-bond acceptors (Lipinski definition) is 4. The van der Waals surface area contributed by atoms with E-state index in [1.807, 2.05) is 51.1 Å². The third-order valence-electron chi connectivity index (χ3n) is 7.58. The standard InChI is InChI=1S/C32H39N3O4S/c1-23-18-24(2)20-29(19-23)35(40(38,39)30-16-6-5-7-17-30)22-31(36)34(21-27-13-9-8-12-25(27)3)26(4)32(37)33-28-14-10-11-15-28/h5-9,12-13,16-20,26,28H,10-11,14-15,21-22H2,1-4H3,(H,33,37)/t26-/m0/s1. The molecule has 8 heteroatoms. The van der Waals surface area contributed by atoms with Gasteiger partial charge in [0.05, 0.1) is 10.6 Å². The molecule has 7 nitrogen and oxygen atoms in total. The number of hydrogen-bond donors (Lipinski definition) is 1. The van der Waals surface area contributed by atoms with Crippen molar-refractivity contribution in [3.63, 3.8) is 0 Å². The summed E-state index contributed by atoms with van der Waals surface area (Å²) in [5.74, 6) is -0.673. The molecule has 4 rings (SSSR count). The van der Waals surface area contributed by atoms with Crippen LogP contribution in [0.2, 0.25) is 0 Å². The van der Waals surface area contributed by atoms with E-state index >= 15 is 0 Å². The Kier molecular flexibility index (Phi) is 9.30. The number of nitrogens with zero attached hydrogens (tertiary/aromatic N) is 2. The molecule has 2 amide bonds. The Bertz CT molecular complexity index is 1430. The molecule has 1 aliphatic carbocycles. The molecule has 1 atom stereocenters. The van der Waals surface area contributed by atoms with Gasteiger partial charge >= 0.3 is 0 Å². The van der Waals surface area contributed by atoms with Crippen molar-refractivity contribution in [3.8, 4) is 0 Å². The van der Waals surface area contributed by atoms with Gasteiger partial charge in [-0.15, -0.1) is 0 Å². The summed E-state index contributed by atoms with van der Waals surface area (Å²) in [6.45, 7) is 7.22. The van der Waals surface area contributed by atoms with Crippen molar-refractivity contribution in [3.05, 3.63) is 95.1 Å². The predicted octanol–water partition coefficient (Wildman–Crippen LogP) is 5.28. The number of anilines is 1. The molecular formula is C32H39N3O4S. The summed E-state index contributed by atoms with van der Waals surface area (Å²) in [7, 11) is -4.08. The van der Waals surface area contributed by atoms with Crippen LogP contribution in [0, 0.1) is 20.8 Å². The van der Waals surface area contributed by atoms with E-state index in [4.69, 9.17) is 0 Å². The lowest BCUT2D eigenvalue weighted by Gasteiger charge is -2.33. The number of carbonyl (C=O) groups is 2. The summed E-state index contributed by atoms with van der Waals surface area (Å²) >= 11 is 0. The molecule has 0 saturated heterocycles. The van der Waals surface area contributed by atoms with Gasteiger partial charge in [0.25, 0.3) is 10.0 Å². The molecule has 40 heavy (non-hydrogen) atoms. The van der Waals surface area contributed by atoms with Crippen LogP contribution >= 0.6 is 0 Å². The van der Waals surface area contributed by atoms with Gasteiger partial charge < -0.3 is 10.2 Å². The second-order valence-corrected chi connectivity index (χ2v) is 12.6. The number of amides is 2. The Labute approximate surface area is 238 Å². The van der Waals surface area contributed by atoms with Gasteiger partial charge in [-0.3, -0.25) is 13.9 Å². The summed E-state index contributed by atoms with van der Waals surface area (Å²) in [4.78, 5) is 29.1. The molecule has 3 aromatic rings. The molecule has 1 N–H and O–H groups in total. The van der Waals surface area contributed by atoms with Crippen LogP contribution in [-0.2, 0) is 26.2 Å². The number of sulfonamides is 1. The zero-order chi connectivity index (χ0) is 28.9. The summed E-state index contributed by atoms with van der Waals surface area (Å²) in [5.41, 5.74) is 4.08. The minimum Gasteiger partial charge on any atom is -0.352 e. The zero-order valence-electron chi connectivity index (χ0n) is 23.8. The number of nitrogens with one attached hydrogen (secondary N) is 1. The fraction of sp³-hybridized carbons (Fsp3) is 0.375. The highest BCUT2D eigenvalue weighted by Crippen LogP contribution is 2.27. The topological polar surface area (TPSA) is 86.8 Å². The van der Waals surface area contributed by atoms with Crippen molar-refractivity contribution >= 4 is 27.5 Å². The van der Waals surface area contributed by atoms with Crippen molar-refractivity contribution in [1.82, 2.24) is 10.2 Å². The van der Waals surface area contributed by atoms with Gasteiger partial charge in [-0.25, -0.2) is 8.42 Å². The van der Waals surface area contributed by atoms with Gasteiger partial charge in [0.1, 0.15) is 12.6 Å². The maximum absolute atomic E-state index is 14.1. The molecule has 0 aromatic heterocycles. The summed E-state index contributed by atoms with van der Waals surface area (Å²) < 4.78 is 29.0. The molecule has 212 valence electrons. The van der Waals surface area contributed by atoms with Crippen LogP contribution in [0.3, 0.4) is 0 Å². The lowest BCUT2D eigenvalue weighted by Crippen LogP contribution is -2.52. The minimum atomic E-state index is -4.08. The van der Waals surface area contributed by atoms with Crippen LogP contribution in [0.5, 0.6) is 0 Å². The molecule has 0 heterocycles. The molecule has 0 spiro atoms. The van der Waals surface area contributed by atoms with Gasteiger partial charge in [-0.1, -0.05) is 61.4 Å². The third kappa shape index (κ3) is 6.91. The van der Waals surface area contributed by atoms with Crippen LogP contribution in [0.1, 0.15) is 54.9 Å². The van der Waals surface area contributed by atoms with Crippen LogP contribution in [0.25, 0.3) is 0 Å². The summed E-state index contributed by atoms with van der Waals surface area (Å²) in [5, 5.41) is 3.11. The molecule has 0 radical (unpaired) electrons. The van der Waals surface area contributed by atoms with Crippen molar-refractivity contribution < 1.29 is 18.0 Å². The second-order valence-electron chi connectivity index (χ2n) is 10.8. The normalized spacial score (nSPS) is 14.5. The summed E-state index contributed by atoms with van der Waals surface area (Å²) in [6, 6.07) is 20.7. The van der Waals surface area contributed by atoms with Gasteiger partial charge in [0, 0.05) is 12.6 Å². The van der Waals surface area contributed by atoms with Gasteiger partial charge in [-0.05, 0) is 87.1 Å². The van der Waals surface area contributed by atoms with Crippen molar-refractivity contribution in [2.75, 3.05) is 10.8 Å². The van der Waals surface area contributed by atoms with E-state index in [0.29, 0.717) is 5.69 Å². The van der Waals surface area contributed by atoms with Crippen LogP contribution in [-0.4, -0.2) is 43.8 Å². The van der Waals surface area contributed by atoms with E-state index in [0.717, 1.165) is 52.2 Å². The van der Waals surface area contributed by atoms with E-state index < -0.39 is 28.5 Å². The SMILES string of the molecule is Cc1cc(C)cc(N(CC(=O)N(Cc2ccccc2C)[C@@H](C)C(=O)NC2CCCC2)S(=O)(=O)c2ccccc2)c1. The third-order valence-corrected chi connectivity index (χ3v) is 9.36. The average molecular weight is 562 g/mol. The smallest absolute Gasteiger partial charge is 0.264 e. The minimum absolute atomic E-state index is 0.0967. The average Bonchev–Trinajstić information content (AvgIpc) is 3.43. The number of benzene rings is 3. The Morgan fingerprint density at radius 1 is 0.900 bits per heavy atom. The van der Waals surface area contributed by atoms with Gasteiger partial charge in [0.2, 0.25) is 11.8 Å². The monoisotopic (exact) mass is 561 g/mol. The molecule has 1 fully saturated rings. The molecule has 0 bridgehead atoms. The zero-order valence-corrected chi connectivity index (χ0v) is 24.6. The molecule has 0 unspecified atom stereocenters. The number of carbonyl (C=O) groups excluding carboxylic acids is 2. The first-order valence-electron chi connectivity index (χ1n) is 13.9. The first-order valence-corrected chi connectivity index (χ1v) is 15.3. The van der Waals surface area contributed by atoms with Crippen LogP contribution in [0.4, 0.5) is 5.69 Å². The highest BCUT2D eigenvalue weighted by atomic mass is 32.2. The van der Waals surface area contributed by atoms with E-state index in [2.05, 4.69) is 5.32 Å². The lowest BCUT2D eigenvalue weighted by molar-refractivity contribution is -0.139. The Morgan fingerprint density at radius 2 is 1.50 bits per heavy atom. The molecule has 3 aromatic carbocycles. The van der Waals surface area contributed by atoms with E-state index in [1.54, 1.807) is 37.3 Å².